The van der Waals surface area contributed by atoms with E-state index in [-0.39, 0.29) is 0 Å². The highest BCUT2D eigenvalue weighted by atomic mass is 79.9. The van der Waals surface area contributed by atoms with Gasteiger partial charge in [-0.25, -0.2) is 4.98 Å². The number of aromatic nitrogens is 1. The number of ether oxygens (including phenoxy) is 2. The summed E-state index contributed by atoms with van der Waals surface area (Å²) in [5, 5.41) is 0. The lowest BCUT2D eigenvalue weighted by Gasteiger charge is -2.10. The number of pyridine rings is 1. The smallest absolute Gasteiger partial charge is 0.262 e. The van der Waals surface area contributed by atoms with Gasteiger partial charge in [-0.1, -0.05) is 15.9 Å². The van der Waals surface area contributed by atoms with Crippen molar-refractivity contribution in [2.24, 2.45) is 0 Å². The number of anilines is 1. The molecule has 2 aromatic rings. The van der Waals surface area contributed by atoms with Gasteiger partial charge in [0.15, 0.2) is 5.75 Å². The summed E-state index contributed by atoms with van der Waals surface area (Å²) < 4.78 is 12.0. The van der Waals surface area contributed by atoms with E-state index in [0.29, 0.717) is 29.7 Å². The third-order valence-corrected chi connectivity index (χ3v) is 2.60. The topological polar surface area (TPSA) is 57.4 Å². The number of benzene rings is 1. The number of rotatable bonds is 4. The van der Waals surface area contributed by atoms with E-state index in [0.717, 1.165) is 4.47 Å². The molecule has 0 saturated carbocycles. The van der Waals surface area contributed by atoms with Crippen molar-refractivity contribution in [1.29, 1.82) is 0 Å². The quantitative estimate of drug-likeness (QED) is 0.876. The average Bonchev–Trinajstić information content (AvgIpc) is 2.30. The van der Waals surface area contributed by atoms with Crippen LogP contribution in [0.5, 0.6) is 17.4 Å². The van der Waals surface area contributed by atoms with Crippen molar-refractivity contribution in [3.63, 3.8) is 0 Å². The maximum absolute atomic E-state index is 5.75. The summed E-state index contributed by atoms with van der Waals surface area (Å²) in [6.07, 6.45) is 1.65. The van der Waals surface area contributed by atoms with E-state index in [4.69, 9.17) is 15.2 Å². The van der Waals surface area contributed by atoms with Crippen molar-refractivity contribution >= 4 is 21.6 Å². The fourth-order valence-electron chi connectivity index (χ4n) is 1.47. The first kappa shape index (κ1) is 12.7. The molecule has 18 heavy (non-hydrogen) atoms. The maximum Gasteiger partial charge on any atom is 0.262 e. The predicted octanol–water partition coefficient (Wildman–Crippen LogP) is 3.62. The molecule has 0 aliphatic carbocycles. The van der Waals surface area contributed by atoms with E-state index in [1.165, 1.54) is 0 Å². The molecule has 1 aromatic carbocycles. The van der Waals surface area contributed by atoms with E-state index in [2.05, 4.69) is 20.9 Å². The largest absolute Gasteiger partial charge is 0.488 e. The van der Waals surface area contributed by atoms with Gasteiger partial charge in [0.05, 0.1) is 6.61 Å². The van der Waals surface area contributed by atoms with Crippen LogP contribution >= 0.6 is 15.9 Å². The normalized spacial score (nSPS) is 10.1. The van der Waals surface area contributed by atoms with Crippen LogP contribution in [-0.2, 0) is 0 Å². The summed E-state index contributed by atoms with van der Waals surface area (Å²) in [7, 11) is 0. The van der Waals surface area contributed by atoms with Gasteiger partial charge >= 0.3 is 0 Å². The van der Waals surface area contributed by atoms with Gasteiger partial charge in [0.1, 0.15) is 5.75 Å². The highest BCUT2D eigenvalue weighted by Gasteiger charge is 2.07. The van der Waals surface area contributed by atoms with Crippen molar-refractivity contribution in [2.45, 2.75) is 6.92 Å². The Balaban J connectivity index is 2.27. The Kier molecular flexibility index (Phi) is 4.04. The third-order valence-electron chi connectivity index (χ3n) is 2.14. The van der Waals surface area contributed by atoms with Crippen LogP contribution in [0.2, 0.25) is 0 Å². The van der Waals surface area contributed by atoms with Gasteiger partial charge in [-0.05, 0) is 31.2 Å². The van der Waals surface area contributed by atoms with E-state index < -0.39 is 0 Å². The molecule has 2 rings (SSSR count). The van der Waals surface area contributed by atoms with Crippen molar-refractivity contribution in [2.75, 3.05) is 12.3 Å². The average molecular weight is 309 g/mol. The van der Waals surface area contributed by atoms with Gasteiger partial charge in [0, 0.05) is 22.4 Å². The Hall–Kier alpha value is -1.75. The lowest BCUT2D eigenvalue weighted by Crippen LogP contribution is -1.97. The van der Waals surface area contributed by atoms with Crippen LogP contribution in [0.25, 0.3) is 0 Å². The van der Waals surface area contributed by atoms with E-state index in [1.54, 1.807) is 24.4 Å². The monoisotopic (exact) mass is 308 g/mol. The molecular weight excluding hydrogens is 296 g/mol. The second-order valence-corrected chi connectivity index (χ2v) is 4.48. The van der Waals surface area contributed by atoms with Gasteiger partial charge in [0.25, 0.3) is 5.88 Å². The standard InChI is InChI=1S/C13H13BrN2O2/c1-2-17-12-4-3-5-16-13(12)18-11-7-9(14)6-10(15)8-11/h3-8H,2,15H2,1H3. The molecule has 0 spiro atoms. The minimum Gasteiger partial charge on any atom is -0.488 e. The molecule has 0 atom stereocenters. The molecule has 0 amide bonds. The second-order valence-electron chi connectivity index (χ2n) is 3.56. The van der Waals surface area contributed by atoms with Crippen LogP contribution in [0.3, 0.4) is 0 Å². The number of halogens is 1. The highest BCUT2D eigenvalue weighted by molar-refractivity contribution is 9.10. The Morgan fingerprint density at radius 1 is 1.33 bits per heavy atom. The molecule has 4 nitrogen and oxygen atoms in total. The zero-order valence-corrected chi connectivity index (χ0v) is 11.5. The fraction of sp³-hybridized carbons (Fsp3) is 0.154. The molecule has 0 fully saturated rings. The van der Waals surface area contributed by atoms with Crippen LogP contribution < -0.4 is 15.2 Å². The van der Waals surface area contributed by atoms with Crippen LogP contribution in [-0.4, -0.2) is 11.6 Å². The Morgan fingerprint density at radius 3 is 2.89 bits per heavy atom. The summed E-state index contributed by atoms with van der Waals surface area (Å²) in [5.41, 5.74) is 6.37. The molecule has 0 unspecified atom stereocenters. The minimum absolute atomic E-state index is 0.428. The Bertz CT molecular complexity index is 526. The van der Waals surface area contributed by atoms with Gasteiger partial charge in [-0.3, -0.25) is 0 Å². The lowest BCUT2D eigenvalue weighted by atomic mass is 10.3. The van der Waals surface area contributed by atoms with Gasteiger partial charge in [-0.2, -0.15) is 0 Å². The summed E-state index contributed by atoms with van der Waals surface area (Å²) >= 11 is 3.36. The molecule has 94 valence electrons. The number of hydrogen-bond donors (Lipinski definition) is 1. The summed E-state index contributed by atoms with van der Waals surface area (Å²) in [4.78, 5) is 4.15. The van der Waals surface area contributed by atoms with Crippen molar-refractivity contribution in [3.05, 3.63) is 41.0 Å². The van der Waals surface area contributed by atoms with Gasteiger partial charge < -0.3 is 15.2 Å². The van der Waals surface area contributed by atoms with Gasteiger partial charge in [0.2, 0.25) is 0 Å². The number of nitrogens with zero attached hydrogens (tertiary/aromatic N) is 1. The Morgan fingerprint density at radius 2 is 2.17 bits per heavy atom. The maximum atomic E-state index is 5.75. The summed E-state index contributed by atoms with van der Waals surface area (Å²) in [5.74, 6) is 1.65. The molecule has 5 heteroatoms. The second kappa shape index (κ2) is 5.73. The number of nitrogens with two attached hydrogens (primary N) is 1. The zero-order chi connectivity index (χ0) is 13.0. The summed E-state index contributed by atoms with van der Waals surface area (Å²) in [6, 6.07) is 8.96. The van der Waals surface area contributed by atoms with Gasteiger partial charge in [-0.15, -0.1) is 0 Å². The molecule has 0 aliphatic rings. The van der Waals surface area contributed by atoms with Crippen LogP contribution in [0.15, 0.2) is 41.0 Å². The molecule has 1 heterocycles. The zero-order valence-electron chi connectivity index (χ0n) is 9.89. The molecular formula is C13H13BrN2O2. The predicted molar refractivity (Wildman–Crippen MR) is 74.0 cm³/mol. The first-order valence-corrected chi connectivity index (χ1v) is 6.30. The minimum atomic E-state index is 0.428. The number of nitrogen functional groups attached to an aromatic ring is 1. The van der Waals surface area contributed by atoms with Crippen LogP contribution in [0.4, 0.5) is 5.69 Å². The molecule has 2 N–H and O–H groups in total. The fourth-order valence-corrected chi connectivity index (χ4v) is 1.96. The molecule has 0 bridgehead atoms. The first-order valence-electron chi connectivity index (χ1n) is 5.51. The lowest BCUT2D eigenvalue weighted by molar-refractivity contribution is 0.316. The first-order chi connectivity index (χ1) is 8.69. The van der Waals surface area contributed by atoms with Crippen molar-refractivity contribution in [1.82, 2.24) is 4.98 Å². The van der Waals surface area contributed by atoms with Crippen molar-refractivity contribution in [3.8, 4) is 17.4 Å². The summed E-state index contributed by atoms with van der Waals surface area (Å²) in [6.45, 7) is 2.47. The molecule has 0 saturated heterocycles. The number of hydrogen-bond acceptors (Lipinski definition) is 4. The van der Waals surface area contributed by atoms with E-state index in [1.807, 2.05) is 19.1 Å². The van der Waals surface area contributed by atoms with E-state index >= 15 is 0 Å². The van der Waals surface area contributed by atoms with E-state index in [9.17, 15) is 0 Å². The SMILES string of the molecule is CCOc1cccnc1Oc1cc(N)cc(Br)c1. The Labute approximate surface area is 114 Å². The highest BCUT2D eigenvalue weighted by Crippen LogP contribution is 2.31. The van der Waals surface area contributed by atoms with Crippen molar-refractivity contribution < 1.29 is 9.47 Å². The van der Waals surface area contributed by atoms with Crippen LogP contribution in [0.1, 0.15) is 6.92 Å². The molecule has 1 aromatic heterocycles. The molecule has 0 aliphatic heterocycles. The molecule has 0 radical (unpaired) electrons. The van der Waals surface area contributed by atoms with Crippen LogP contribution in [0, 0.1) is 0 Å². The third kappa shape index (κ3) is 3.13.